The van der Waals surface area contributed by atoms with Crippen LogP contribution < -0.4 is 28.3 Å². The first-order chi connectivity index (χ1) is 15.8. The third kappa shape index (κ3) is 4.66. The van der Waals surface area contributed by atoms with E-state index in [2.05, 4.69) is 128 Å². The first kappa shape index (κ1) is 23.4. The van der Waals surface area contributed by atoms with Gasteiger partial charge in [-0.25, -0.2) is 4.98 Å². The van der Waals surface area contributed by atoms with Crippen LogP contribution >= 0.6 is 18.6 Å². The normalized spacial score (nSPS) is 11.1. The fourth-order valence-electron chi connectivity index (χ4n) is 4.35. The van der Waals surface area contributed by atoms with E-state index in [1.165, 1.54) is 31.4 Å². The SMILES string of the molecule is Cc1sc(C[P+](c2ccccc2)(c2ccccc2)c2ccccc2)nc1-c1ccccc1.[Cl-]. The molecule has 5 rings (SSSR count). The van der Waals surface area contributed by atoms with E-state index in [4.69, 9.17) is 4.98 Å². The van der Waals surface area contributed by atoms with Crippen molar-refractivity contribution in [3.8, 4) is 11.3 Å². The number of hydrogen-bond acceptors (Lipinski definition) is 2. The summed E-state index contributed by atoms with van der Waals surface area (Å²) in [5, 5.41) is 5.38. The molecule has 0 saturated heterocycles. The average Bonchev–Trinajstić information content (AvgIpc) is 3.24. The number of thiazole rings is 1. The molecule has 1 heterocycles. The fraction of sp³-hybridized carbons (Fsp3) is 0.0690. The molecule has 0 radical (unpaired) electrons. The first-order valence-corrected chi connectivity index (χ1v) is 13.6. The summed E-state index contributed by atoms with van der Waals surface area (Å²) >= 11 is 1.84. The standard InChI is InChI=1S/C29H25NPS.ClH/c1-23-29(24-14-6-2-7-15-24)30-28(32-23)22-31(25-16-8-3-9-17-25,26-18-10-4-11-19-26)27-20-12-5-13-21-27;/h2-21H,22H2,1H3;1H/q+1;/p-1. The van der Waals surface area contributed by atoms with Crippen LogP contribution in [0, 0.1) is 6.92 Å². The summed E-state index contributed by atoms with van der Waals surface area (Å²) in [5.41, 5.74) is 2.30. The van der Waals surface area contributed by atoms with Crippen molar-refractivity contribution < 1.29 is 12.4 Å². The molecule has 5 aromatic rings. The number of hydrogen-bond donors (Lipinski definition) is 0. The van der Waals surface area contributed by atoms with Crippen LogP contribution in [0.2, 0.25) is 0 Å². The number of aryl methyl sites for hydroxylation is 1. The molecule has 0 atom stereocenters. The highest BCUT2D eigenvalue weighted by atomic mass is 35.5. The van der Waals surface area contributed by atoms with Gasteiger partial charge in [-0.05, 0) is 43.3 Å². The molecule has 33 heavy (non-hydrogen) atoms. The van der Waals surface area contributed by atoms with Crippen molar-refractivity contribution in [3.05, 3.63) is 131 Å². The van der Waals surface area contributed by atoms with Crippen LogP contribution in [-0.4, -0.2) is 4.98 Å². The minimum Gasteiger partial charge on any atom is -1.00 e. The molecule has 0 fully saturated rings. The second-order valence-corrected chi connectivity index (χ2v) is 12.6. The molecular formula is C29H25ClNPS. The monoisotopic (exact) mass is 485 g/mol. The Kier molecular flexibility index (Phi) is 7.40. The van der Waals surface area contributed by atoms with Crippen molar-refractivity contribution in [3.63, 3.8) is 0 Å². The van der Waals surface area contributed by atoms with Gasteiger partial charge in [-0.15, -0.1) is 11.3 Å². The van der Waals surface area contributed by atoms with Crippen LogP contribution in [0.15, 0.2) is 121 Å². The van der Waals surface area contributed by atoms with Crippen LogP contribution in [0.1, 0.15) is 9.88 Å². The lowest BCUT2D eigenvalue weighted by atomic mass is 10.1. The van der Waals surface area contributed by atoms with Gasteiger partial charge in [0.15, 0.2) is 0 Å². The van der Waals surface area contributed by atoms with Gasteiger partial charge in [-0.2, -0.15) is 0 Å². The summed E-state index contributed by atoms with van der Waals surface area (Å²) in [7, 11) is -1.93. The van der Waals surface area contributed by atoms with Gasteiger partial charge in [0.25, 0.3) is 0 Å². The van der Waals surface area contributed by atoms with Crippen LogP contribution in [-0.2, 0) is 6.16 Å². The zero-order valence-electron chi connectivity index (χ0n) is 18.4. The van der Waals surface area contributed by atoms with E-state index in [0.29, 0.717) is 0 Å². The highest BCUT2D eigenvalue weighted by Gasteiger charge is 2.46. The Hall–Kier alpha value is -2.77. The largest absolute Gasteiger partial charge is 1.00 e. The van der Waals surface area contributed by atoms with Crippen molar-refractivity contribution in [1.82, 2.24) is 4.98 Å². The minimum absolute atomic E-state index is 0. The van der Waals surface area contributed by atoms with Gasteiger partial charge in [0.1, 0.15) is 34.3 Å². The van der Waals surface area contributed by atoms with E-state index in [0.717, 1.165) is 11.9 Å². The molecule has 0 bridgehead atoms. The smallest absolute Gasteiger partial charge is 0.132 e. The van der Waals surface area contributed by atoms with E-state index < -0.39 is 7.26 Å². The van der Waals surface area contributed by atoms with Crippen LogP contribution in [0.3, 0.4) is 0 Å². The van der Waals surface area contributed by atoms with Crippen LogP contribution in [0.4, 0.5) is 0 Å². The number of aromatic nitrogens is 1. The summed E-state index contributed by atoms with van der Waals surface area (Å²) in [4.78, 5) is 6.46. The van der Waals surface area contributed by atoms with Gasteiger partial charge >= 0.3 is 0 Å². The maximum atomic E-state index is 5.19. The Balaban J connectivity index is 0.00000259. The lowest BCUT2D eigenvalue weighted by Crippen LogP contribution is -3.00. The predicted octanol–water partition coefficient (Wildman–Crippen LogP) is 3.62. The van der Waals surface area contributed by atoms with Crippen molar-refractivity contribution in [2.75, 3.05) is 0 Å². The molecule has 4 heteroatoms. The van der Waals surface area contributed by atoms with E-state index in [-0.39, 0.29) is 12.4 Å². The van der Waals surface area contributed by atoms with Gasteiger partial charge in [0.2, 0.25) is 0 Å². The zero-order valence-corrected chi connectivity index (χ0v) is 20.9. The summed E-state index contributed by atoms with van der Waals surface area (Å²) in [6, 6.07) is 43.6. The molecule has 1 aromatic heterocycles. The first-order valence-electron chi connectivity index (χ1n) is 10.8. The van der Waals surface area contributed by atoms with E-state index in [9.17, 15) is 0 Å². The molecular weight excluding hydrogens is 461 g/mol. The number of nitrogens with zero attached hydrogens (tertiary/aromatic N) is 1. The second kappa shape index (κ2) is 10.4. The molecule has 164 valence electrons. The van der Waals surface area contributed by atoms with Crippen molar-refractivity contribution >= 4 is 34.5 Å². The molecule has 0 unspecified atom stereocenters. The van der Waals surface area contributed by atoms with Crippen molar-refractivity contribution in [1.29, 1.82) is 0 Å². The molecule has 0 saturated carbocycles. The highest BCUT2D eigenvalue weighted by molar-refractivity contribution is 7.95. The highest BCUT2D eigenvalue weighted by Crippen LogP contribution is 2.58. The molecule has 1 nitrogen and oxygen atoms in total. The maximum Gasteiger partial charge on any atom is 0.132 e. The average molecular weight is 486 g/mol. The Labute approximate surface area is 206 Å². The zero-order chi connectivity index (χ0) is 21.8. The Morgan fingerprint density at radius 1 is 0.606 bits per heavy atom. The lowest BCUT2D eigenvalue weighted by Gasteiger charge is -2.26. The van der Waals surface area contributed by atoms with Crippen LogP contribution in [0.5, 0.6) is 0 Å². The van der Waals surface area contributed by atoms with Gasteiger partial charge in [-0.1, -0.05) is 84.9 Å². The van der Waals surface area contributed by atoms with E-state index >= 15 is 0 Å². The van der Waals surface area contributed by atoms with Gasteiger partial charge in [0.05, 0.1) is 5.69 Å². The van der Waals surface area contributed by atoms with Gasteiger partial charge in [0, 0.05) is 10.4 Å². The molecule has 0 aliphatic rings. The van der Waals surface area contributed by atoms with E-state index in [1.54, 1.807) is 0 Å². The molecule has 0 aliphatic carbocycles. The Bertz CT molecular complexity index is 1190. The lowest BCUT2D eigenvalue weighted by molar-refractivity contribution is -0.00000623. The molecule has 0 amide bonds. The second-order valence-electron chi connectivity index (χ2n) is 7.85. The number of benzene rings is 4. The van der Waals surface area contributed by atoms with Gasteiger partial charge in [-0.3, -0.25) is 0 Å². The topological polar surface area (TPSA) is 12.9 Å². The predicted molar refractivity (Wildman–Crippen MR) is 141 cm³/mol. The quantitative estimate of drug-likeness (QED) is 0.335. The third-order valence-corrected chi connectivity index (χ3v) is 11.3. The van der Waals surface area contributed by atoms with Crippen LogP contribution in [0.25, 0.3) is 11.3 Å². The third-order valence-electron chi connectivity index (χ3n) is 5.85. The Morgan fingerprint density at radius 3 is 1.42 bits per heavy atom. The summed E-state index contributed by atoms with van der Waals surface area (Å²) in [6.07, 6.45) is 0.920. The molecule has 0 N–H and O–H groups in total. The summed E-state index contributed by atoms with van der Waals surface area (Å²) in [5.74, 6) is 0. The maximum absolute atomic E-state index is 5.19. The van der Waals surface area contributed by atoms with E-state index in [1.807, 2.05) is 11.3 Å². The van der Waals surface area contributed by atoms with Gasteiger partial charge < -0.3 is 12.4 Å². The van der Waals surface area contributed by atoms with Crippen molar-refractivity contribution in [2.45, 2.75) is 13.1 Å². The fourth-order valence-corrected chi connectivity index (χ4v) is 9.91. The molecule has 0 aliphatic heterocycles. The summed E-state index contributed by atoms with van der Waals surface area (Å²) in [6.45, 7) is 2.19. The molecule has 4 aromatic carbocycles. The summed E-state index contributed by atoms with van der Waals surface area (Å²) < 4.78 is 0. The molecule has 0 spiro atoms. The van der Waals surface area contributed by atoms with Crippen molar-refractivity contribution in [2.24, 2.45) is 0 Å². The Morgan fingerprint density at radius 2 is 1.00 bits per heavy atom. The number of rotatable bonds is 6. The number of halogens is 1. The minimum atomic E-state index is -1.93.